The summed E-state index contributed by atoms with van der Waals surface area (Å²) in [5.41, 5.74) is 8.59. The number of aromatic nitrogens is 2. The molecule has 5 heteroatoms. The van der Waals surface area contributed by atoms with Crippen molar-refractivity contribution in [3.63, 3.8) is 0 Å². The van der Waals surface area contributed by atoms with E-state index in [1.165, 1.54) is 5.69 Å². The van der Waals surface area contributed by atoms with Crippen molar-refractivity contribution in [3.05, 3.63) is 198 Å². The third kappa shape index (κ3) is 5.36. The topological polar surface area (TPSA) is 24.3 Å². The molecular weight excluding hydrogens is 816 g/mol. The van der Waals surface area contributed by atoms with Gasteiger partial charge in [0.1, 0.15) is 5.82 Å². The fourth-order valence-corrected chi connectivity index (χ4v) is 7.92. The Morgan fingerprint density at radius 1 is 0.673 bits per heavy atom. The van der Waals surface area contributed by atoms with Crippen LogP contribution in [0.3, 0.4) is 0 Å². The van der Waals surface area contributed by atoms with E-state index in [4.69, 9.17) is 9.10 Å². The Labute approximate surface area is 324 Å². The van der Waals surface area contributed by atoms with Crippen LogP contribution in [-0.2, 0) is 26.5 Å². The average molecular weight is 857 g/mol. The second-order valence-electron chi connectivity index (χ2n) is 13.4. The van der Waals surface area contributed by atoms with Crippen molar-refractivity contribution in [3.8, 4) is 5.82 Å². The smallest absolute Gasteiger partial charge is 0.349 e. The molecule has 256 valence electrons. The van der Waals surface area contributed by atoms with E-state index in [2.05, 4.69) is 163 Å². The van der Waals surface area contributed by atoms with Gasteiger partial charge in [0, 0.05) is 27.3 Å². The molecule has 2 aromatic heterocycles. The molecule has 52 heavy (non-hydrogen) atoms. The summed E-state index contributed by atoms with van der Waals surface area (Å²) in [5.74, 6) is 0.532. The molecule has 0 radical (unpaired) electrons. The third-order valence-corrected chi connectivity index (χ3v) is 10.2. The van der Waals surface area contributed by atoms with Crippen LogP contribution in [0.25, 0.3) is 27.6 Å². The fourth-order valence-electron chi connectivity index (χ4n) is 7.92. The van der Waals surface area contributed by atoms with Crippen LogP contribution in [0.15, 0.2) is 158 Å². The molecule has 0 saturated carbocycles. The molecule has 0 spiro atoms. The van der Waals surface area contributed by atoms with Crippen molar-refractivity contribution in [1.82, 2.24) is 9.55 Å². The normalized spacial score (nSPS) is 13.9. The van der Waals surface area contributed by atoms with Crippen LogP contribution in [0.4, 0.5) is 17.1 Å². The van der Waals surface area contributed by atoms with Gasteiger partial charge >= 0.3 is 21.1 Å². The maximum Gasteiger partial charge on any atom is 2.00 e. The number of aryl methyl sites for hydroxylation is 1. The van der Waals surface area contributed by atoms with Gasteiger partial charge < -0.3 is 14.4 Å². The van der Waals surface area contributed by atoms with Gasteiger partial charge in [0.25, 0.3) is 0 Å². The Morgan fingerprint density at radius 3 is 2.08 bits per heavy atom. The van der Waals surface area contributed by atoms with Crippen molar-refractivity contribution in [2.24, 2.45) is 0 Å². The van der Waals surface area contributed by atoms with Crippen LogP contribution in [-0.4, -0.2) is 22.3 Å². The van der Waals surface area contributed by atoms with Crippen molar-refractivity contribution in [2.45, 2.75) is 32.2 Å². The van der Waals surface area contributed by atoms with Crippen molar-refractivity contribution < 1.29 is 25.2 Å². The van der Waals surface area contributed by atoms with Crippen molar-refractivity contribution in [2.75, 3.05) is 16.5 Å². The summed E-state index contributed by atoms with van der Waals surface area (Å²) < 4.78 is 26.5. The molecule has 3 heterocycles. The Morgan fingerprint density at radius 2 is 1.35 bits per heavy atom. The molecule has 9 rings (SSSR count). The first-order valence-electron chi connectivity index (χ1n) is 18.9. The summed E-state index contributed by atoms with van der Waals surface area (Å²) in [4.78, 5) is 9.51. The average Bonchev–Trinajstić information content (AvgIpc) is 3.76. The predicted molar refractivity (Wildman–Crippen MR) is 210 cm³/mol. The molecular formula is C47H38N4Pt. The number of fused-ring (bicyclic) bond motifs is 4. The molecule has 0 fully saturated rings. The van der Waals surface area contributed by atoms with E-state index in [0.717, 1.165) is 62.1 Å². The molecule has 1 aliphatic rings. The summed E-state index contributed by atoms with van der Waals surface area (Å²) >= 11 is 0. The minimum atomic E-state index is -2.27. The molecule has 0 N–H and O–H groups in total. The zero-order valence-electron chi connectivity index (χ0n) is 31.9. The molecule has 8 aromatic rings. The minimum absolute atomic E-state index is 0. The Hall–Kier alpha value is -5.44. The van der Waals surface area contributed by atoms with Gasteiger partial charge in [0.05, 0.1) is 18.0 Å². The van der Waals surface area contributed by atoms with E-state index < -0.39 is 12.3 Å². The van der Waals surface area contributed by atoms with E-state index in [9.17, 15) is 0 Å². The molecule has 6 aromatic carbocycles. The van der Waals surface area contributed by atoms with E-state index >= 15 is 0 Å². The van der Waals surface area contributed by atoms with Gasteiger partial charge in [-0.05, 0) is 73.1 Å². The standard InChI is InChI=1S/C47H38N4.Pt/c1-33(2)49-32-50(44-24-13-12-23-43(44)49)39-20-14-19-37(30-39)47(35-15-6-4-7-16-35,36-17-8-5-9-18-36)38-25-26-41-40-21-10-11-22-42(40)51(45(41)31-38)46-29-34(3)27-28-48-46;/h4-29,33H,32H2,1-3H3;/q-2;+2/i3D3;. The van der Waals surface area contributed by atoms with Gasteiger partial charge in [0.15, 0.2) is 0 Å². The van der Waals surface area contributed by atoms with Gasteiger partial charge in [-0.25, -0.2) is 4.98 Å². The molecule has 0 unspecified atom stereocenters. The number of nitrogens with zero attached hydrogens (tertiary/aromatic N) is 4. The maximum absolute atomic E-state index is 8.15. The molecule has 0 bridgehead atoms. The van der Waals surface area contributed by atoms with Gasteiger partial charge in [-0.1, -0.05) is 102 Å². The number of para-hydroxylation sites is 3. The summed E-state index contributed by atoms with van der Waals surface area (Å²) in [6.07, 6.45) is 1.58. The zero-order valence-corrected chi connectivity index (χ0v) is 31.2. The fraction of sp³-hybridized carbons (Fsp3) is 0.128. The second kappa shape index (κ2) is 13.6. The molecule has 0 aliphatic carbocycles. The van der Waals surface area contributed by atoms with E-state index in [1.54, 1.807) is 18.3 Å². The monoisotopic (exact) mass is 856 g/mol. The maximum atomic E-state index is 8.15. The molecule has 1 aliphatic heterocycles. The first-order valence-corrected chi connectivity index (χ1v) is 17.4. The van der Waals surface area contributed by atoms with Crippen LogP contribution in [0.5, 0.6) is 0 Å². The first-order chi connectivity index (χ1) is 26.2. The number of hydrogen-bond acceptors (Lipinski definition) is 3. The van der Waals surface area contributed by atoms with Crippen molar-refractivity contribution in [1.29, 1.82) is 0 Å². The van der Waals surface area contributed by atoms with Crippen LogP contribution < -0.4 is 9.80 Å². The van der Waals surface area contributed by atoms with Crippen LogP contribution >= 0.6 is 0 Å². The van der Waals surface area contributed by atoms with Gasteiger partial charge in [-0.15, -0.1) is 22.6 Å². The Kier molecular flexibility index (Phi) is 7.90. The molecule has 0 amide bonds. The number of pyridine rings is 1. The summed E-state index contributed by atoms with van der Waals surface area (Å²) in [7, 11) is 0. The molecule has 4 nitrogen and oxygen atoms in total. The summed E-state index contributed by atoms with van der Waals surface area (Å²) in [6, 6.07) is 60.3. The van der Waals surface area contributed by atoms with Gasteiger partial charge in [-0.3, -0.25) is 0 Å². The third-order valence-electron chi connectivity index (χ3n) is 10.2. The summed E-state index contributed by atoms with van der Waals surface area (Å²) in [5, 5.41) is 2.04. The largest absolute Gasteiger partial charge is 2.00 e. The number of benzene rings is 6. The van der Waals surface area contributed by atoms with E-state index in [1.807, 2.05) is 16.7 Å². The first kappa shape index (κ1) is 30.2. The molecule has 0 saturated heterocycles. The number of rotatable bonds is 7. The number of anilines is 3. The Bertz CT molecular complexity index is 2600. The van der Waals surface area contributed by atoms with Crippen LogP contribution in [0.2, 0.25) is 0 Å². The SMILES string of the molecule is [2H]C([2H])([2H])c1ccnc(-n2c3[c-]c(C(c4[c-]c(N5CN(C(C)C)c6ccccc65)ccc4)(c4ccccc4)c4ccccc4)ccc3c3ccccc32)c1.[Pt+2]. The van der Waals surface area contributed by atoms with Crippen LogP contribution in [0, 0.1) is 19.0 Å². The Balaban J connectivity index is 0.00000427. The number of hydrogen-bond donors (Lipinski definition) is 0. The van der Waals surface area contributed by atoms with Gasteiger partial charge in [-0.2, -0.15) is 36.4 Å². The second-order valence-corrected chi connectivity index (χ2v) is 13.4. The predicted octanol–water partition coefficient (Wildman–Crippen LogP) is 10.8. The van der Waals surface area contributed by atoms with Crippen molar-refractivity contribution >= 4 is 38.9 Å². The van der Waals surface area contributed by atoms with Crippen LogP contribution in [0.1, 0.15) is 45.8 Å². The minimum Gasteiger partial charge on any atom is -0.349 e. The van der Waals surface area contributed by atoms with E-state index in [-0.39, 0.29) is 26.6 Å². The van der Waals surface area contributed by atoms with E-state index in [0.29, 0.717) is 11.9 Å². The van der Waals surface area contributed by atoms with Gasteiger partial charge in [0.2, 0.25) is 0 Å². The molecule has 0 atom stereocenters. The summed E-state index contributed by atoms with van der Waals surface area (Å²) in [6.45, 7) is 2.91. The quantitative estimate of drug-likeness (QED) is 0.118. The zero-order chi connectivity index (χ0) is 37.0.